The minimum Gasteiger partial charge on any atom is -0.357 e. The Morgan fingerprint density at radius 2 is 2.32 bits per heavy atom. The zero-order valence-corrected chi connectivity index (χ0v) is 11.7. The number of rotatable bonds is 2. The second kappa shape index (κ2) is 4.90. The van der Waals surface area contributed by atoms with Crippen LogP contribution in [-0.4, -0.2) is 21.3 Å². The fraction of sp³-hybridized carbons (Fsp3) is 0.417. The molecule has 1 aromatic heterocycles. The van der Waals surface area contributed by atoms with Crippen molar-refractivity contribution >= 4 is 32.5 Å². The number of hydrogen-bond acceptors (Lipinski definition) is 4. The molecule has 1 atom stereocenters. The third-order valence-corrected chi connectivity index (χ3v) is 3.69. The lowest BCUT2D eigenvalue weighted by Gasteiger charge is -2.22. The maximum atomic E-state index is 11.1. The molecule has 100 valence electrons. The van der Waals surface area contributed by atoms with E-state index >= 15 is 0 Å². The fourth-order valence-corrected chi connectivity index (χ4v) is 2.75. The first-order valence-electron chi connectivity index (χ1n) is 6.09. The van der Waals surface area contributed by atoms with Crippen molar-refractivity contribution in [3.63, 3.8) is 0 Å². The van der Waals surface area contributed by atoms with Crippen molar-refractivity contribution in [1.29, 1.82) is 0 Å². The monoisotopic (exact) mass is 325 g/mol. The SMILES string of the molecule is O=[N+]([O-])c1cc(Br)cc2nn([C@@H]3CCCCO3)cc12. The lowest BCUT2D eigenvalue weighted by atomic mass is 10.2. The molecule has 0 radical (unpaired) electrons. The zero-order chi connectivity index (χ0) is 13.4. The Balaban J connectivity index is 2.09. The molecule has 0 amide bonds. The highest BCUT2D eigenvalue weighted by molar-refractivity contribution is 9.10. The lowest BCUT2D eigenvalue weighted by Crippen LogP contribution is -2.18. The molecule has 1 aliphatic heterocycles. The van der Waals surface area contributed by atoms with E-state index in [0.717, 1.165) is 19.3 Å². The van der Waals surface area contributed by atoms with E-state index in [9.17, 15) is 10.1 Å². The number of fused-ring (bicyclic) bond motifs is 1. The highest BCUT2D eigenvalue weighted by Gasteiger charge is 2.21. The molecular weight excluding hydrogens is 314 g/mol. The highest BCUT2D eigenvalue weighted by atomic mass is 79.9. The van der Waals surface area contributed by atoms with Crippen molar-refractivity contribution in [2.45, 2.75) is 25.5 Å². The van der Waals surface area contributed by atoms with Gasteiger partial charge in [-0.15, -0.1) is 0 Å². The molecule has 1 aliphatic rings. The van der Waals surface area contributed by atoms with E-state index in [1.54, 1.807) is 16.9 Å². The van der Waals surface area contributed by atoms with Gasteiger partial charge in [0.25, 0.3) is 5.69 Å². The summed E-state index contributed by atoms with van der Waals surface area (Å²) < 4.78 is 7.99. The zero-order valence-electron chi connectivity index (χ0n) is 10.1. The molecule has 1 saturated heterocycles. The van der Waals surface area contributed by atoms with Gasteiger partial charge in [-0.25, -0.2) is 4.68 Å². The third-order valence-electron chi connectivity index (χ3n) is 3.23. The van der Waals surface area contributed by atoms with Gasteiger partial charge in [0.15, 0.2) is 0 Å². The summed E-state index contributed by atoms with van der Waals surface area (Å²) in [5, 5.41) is 16.0. The molecule has 6 nitrogen and oxygen atoms in total. The predicted octanol–water partition coefficient (Wildman–Crippen LogP) is 3.41. The molecule has 0 unspecified atom stereocenters. The average molecular weight is 326 g/mol. The first-order chi connectivity index (χ1) is 9.15. The summed E-state index contributed by atoms with van der Waals surface area (Å²) >= 11 is 3.27. The molecule has 19 heavy (non-hydrogen) atoms. The number of halogens is 1. The van der Waals surface area contributed by atoms with Gasteiger partial charge in [-0.1, -0.05) is 15.9 Å². The number of ether oxygens (including phenoxy) is 1. The number of benzene rings is 1. The number of non-ortho nitro benzene ring substituents is 1. The van der Waals surface area contributed by atoms with Gasteiger partial charge in [0, 0.05) is 23.3 Å². The molecule has 3 rings (SSSR count). The van der Waals surface area contributed by atoms with Crippen LogP contribution in [0.3, 0.4) is 0 Å². The van der Waals surface area contributed by atoms with Crippen molar-refractivity contribution in [3.05, 3.63) is 32.9 Å². The fourth-order valence-electron chi connectivity index (χ4n) is 2.32. The van der Waals surface area contributed by atoms with E-state index in [2.05, 4.69) is 21.0 Å². The van der Waals surface area contributed by atoms with E-state index in [1.807, 2.05) is 0 Å². The highest BCUT2D eigenvalue weighted by Crippen LogP contribution is 2.31. The quantitative estimate of drug-likeness (QED) is 0.626. The van der Waals surface area contributed by atoms with Crippen LogP contribution in [0.2, 0.25) is 0 Å². The van der Waals surface area contributed by atoms with Crippen LogP contribution in [0.1, 0.15) is 25.5 Å². The van der Waals surface area contributed by atoms with Gasteiger partial charge >= 0.3 is 0 Å². The van der Waals surface area contributed by atoms with Crippen LogP contribution < -0.4 is 0 Å². The van der Waals surface area contributed by atoms with Gasteiger partial charge in [-0.2, -0.15) is 5.10 Å². The number of nitro groups is 1. The summed E-state index contributed by atoms with van der Waals surface area (Å²) in [6.45, 7) is 0.715. The molecule has 0 saturated carbocycles. The van der Waals surface area contributed by atoms with Gasteiger partial charge < -0.3 is 4.74 Å². The minimum absolute atomic E-state index is 0.0615. The van der Waals surface area contributed by atoms with Crippen molar-refractivity contribution in [2.24, 2.45) is 0 Å². The Morgan fingerprint density at radius 3 is 3.00 bits per heavy atom. The van der Waals surface area contributed by atoms with Crippen LogP contribution in [0.15, 0.2) is 22.8 Å². The summed E-state index contributed by atoms with van der Waals surface area (Å²) in [4.78, 5) is 10.7. The summed E-state index contributed by atoms with van der Waals surface area (Å²) in [6, 6.07) is 3.28. The van der Waals surface area contributed by atoms with E-state index in [4.69, 9.17) is 4.74 Å². The molecular formula is C12H12BrN3O3. The average Bonchev–Trinajstić information content (AvgIpc) is 2.82. The molecule has 2 heterocycles. The largest absolute Gasteiger partial charge is 0.357 e. The van der Waals surface area contributed by atoms with E-state index in [1.165, 1.54) is 6.07 Å². The van der Waals surface area contributed by atoms with Gasteiger partial charge in [-0.05, 0) is 25.3 Å². The van der Waals surface area contributed by atoms with Crippen molar-refractivity contribution in [3.8, 4) is 0 Å². The van der Waals surface area contributed by atoms with E-state index in [0.29, 0.717) is 22.0 Å². The first-order valence-corrected chi connectivity index (χ1v) is 6.89. The van der Waals surface area contributed by atoms with Gasteiger partial charge in [0.05, 0.1) is 10.3 Å². The summed E-state index contributed by atoms with van der Waals surface area (Å²) in [7, 11) is 0. The third kappa shape index (κ3) is 2.35. The van der Waals surface area contributed by atoms with Gasteiger partial charge in [-0.3, -0.25) is 10.1 Å². The molecule has 1 fully saturated rings. The van der Waals surface area contributed by atoms with Crippen molar-refractivity contribution in [2.75, 3.05) is 6.61 Å². The molecule has 7 heteroatoms. The van der Waals surface area contributed by atoms with E-state index in [-0.39, 0.29) is 16.8 Å². The normalized spacial score (nSPS) is 19.7. The second-order valence-corrected chi connectivity index (χ2v) is 5.46. The number of hydrogen-bond donors (Lipinski definition) is 0. The standard InChI is InChI=1S/C12H12BrN3O3/c13-8-5-10-9(11(6-8)16(17)18)7-15(14-10)12-3-1-2-4-19-12/h5-7,12H,1-4H2/t12-/m0/s1. The van der Waals surface area contributed by atoms with Crippen LogP contribution in [-0.2, 0) is 4.74 Å². The van der Waals surface area contributed by atoms with Gasteiger partial charge in [0.1, 0.15) is 11.7 Å². The summed E-state index contributed by atoms with van der Waals surface area (Å²) in [5.74, 6) is 0. The lowest BCUT2D eigenvalue weighted by molar-refractivity contribution is -0.383. The second-order valence-electron chi connectivity index (χ2n) is 4.55. The Bertz CT molecular complexity index is 634. The maximum absolute atomic E-state index is 11.1. The topological polar surface area (TPSA) is 70.2 Å². The van der Waals surface area contributed by atoms with Crippen molar-refractivity contribution in [1.82, 2.24) is 9.78 Å². The van der Waals surface area contributed by atoms with Crippen LogP contribution in [0.25, 0.3) is 10.9 Å². The number of aromatic nitrogens is 2. The minimum atomic E-state index is -0.388. The van der Waals surface area contributed by atoms with E-state index < -0.39 is 0 Å². The Hall–Kier alpha value is -1.47. The summed E-state index contributed by atoms with van der Waals surface area (Å²) in [6.07, 6.45) is 4.63. The molecule has 0 N–H and O–H groups in total. The van der Waals surface area contributed by atoms with Crippen LogP contribution in [0.4, 0.5) is 5.69 Å². The molecule has 2 aromatic rings. The predicted molar refractivity (Wildman–Crippen MR) is 72.9 cm³/mol. The number of nitrogens with zero attached hydrogens (tertiary/aromatic N) is 3. The Morgan fingerprint density at radius 1 is 1.47 bits per heavy atom. The molecule has 0 aliphatic carbocycles. The number of nitro benzene ring substituents is 1. The Labute approximate surface area is 117 Å². The molecule has 0 spiro atoms. The Kier molecular flexibility index (Phi) is 3.24. The summed E-state index contributed by atoms with van der Waals surface area (Å²) in [5.41, 5.74) is 0.668. The first kappa shape index (κ1) is 12.6. The van der Waals surface area contributed by atoms with Crippen LogP contribution >= 0.6 is 15.9 Å². The van der Waals surface area contributed by atoms with Crippen LogP contribution in [0.5, 0.6) is 0 Å². The molecule has 0 bridgehead atoms. The smallest absolute Gasteiger partial charge is 0.281 e. The maximum Gasteiger partial charge on any atom is 0.281 e. The van der Waals surface area contributed by atoms with Crippen LogP contribution in [0, 0.1) is 10.1 Å². The van der Waals surface area contributed by atoms with Crippen molar-refractivity contribution < 1.29 is 9.66 Å². The molecule has 1 aromatic carbocycles. The van der Waals surface area contributed by atoms with Gasteiger partial charge in [0.2, 0.25) is 0 Å².